The maximum absolute atomic E-state index is 13.8. The van der Waals surface area contributed by atoms with Crippen molar-refractivity contribution in [1.82, 2.24) is 9.97 Å². The highest BCUT2D eigenvalue weighted by Crippen LogP contribution is 2.33. The molecule has 1 N–H and O–H groups in total. The fourth-order valence-corrected chi connectivity index (χ4v) is 3.54. The Morgan fingerprint density at radius 3 is 2.24 bits per heavy atom. The van der Waals surface area contributed by atoms with Crippen LogP contribution in [0.2, 0.25) is 0 Å². The van der Waals surface area contributed by atoms with Gasteiger partial charge >= 0.3 is 6.36 Å². The highest BCUT2D eigenvalue weighted by molar-refractivity contribution is 6.05. The van der Waals surface area contributed by atoms with Gasteiger partial charge in [-0.3, -0.25) is 4.79 Å². The molecule has 6 nitrogen and oxygen atoms in total. The quantitative estimate of drug-likeness (QED) is 0.417. The molecule has 1 amide bonds. The van der Waals surface area contributed by atoms with Gasteiger partial charge in [0, 0.05) is 42.7 Å². The molecule has 3 aromatic rings. The number of benzene rings is 1. The molecular weight excluding hydrogens is 447 g/mol. The number of pyridine rings is 2. The van der Waals surface area contributed by atoms with Gasteiger partial charge in [-0.15, -0.1) is 13.2 Å². The predicted molar refractivity (Wildman–Crippen MR) is 110 cm³/mol. The zero-order valence-electron chi connectivity index (χ0n) is 17.0. The molecule has 0 unspecified atom stereocenters. The average molecular weight is 464 g/mol. The monoisotopic (exact) mass is 464 g/mol. The van der Waals surface area contributed by atoms with Gasteiger partial charge in [-0.05, 0) is 48.7 Å². The normalized spacial score (nSPS) is 13.8. The maximum Gasteiger partial charge on any atom is 0.573 e. The Hall–Kier alpha value is -3.76. The lowest BCUT2D eigenvalue weighted by Gasteiger charge is -2.21. The number of hydrogen-bond acceptors (Lipinski definition) is 5. The van der Waals surface area contributed by atoms with Gasteiger partial charge in [0.25, 0.3) is 5.91 Å². The summed E-state index contributed by atoms with van der Waals surface area (Å²) in [7, 11) is 0. The van der Waals surface area contributed by atoms with Crippen molar-refractivity contribution in [3.05, 3.63) is 66.1 Å². The smallest absolute Gasteiger partial charge is 0.406 e. The van der Waals surface area contributed by atoms with Crippen LogP contribution in [0, 0.1) is 11.9 Å². The molecule has 0 atom stereocenters. The molecule has 2 aromatic heterocycles. The Bertz CT molecular complexity index is 1140. The third kappa shape index (κ3) is 5.54. The number of aromatic nitrogens is 2. The minimum absolute atomic E-state index is 0.0983. The number of hydrogen-bond donors (Lipinski definition) is 1. The second-order valence-corrected chi connectivity index (χ2v) is 7.32. The molecule has 1 fully saturated rings. The lowest BCUT2D eigenvalue weighted by molar-refractivity contribution is -0.274. The van der Waals surface area contributed by atoms with Crippen molar-refractivity contribution in [2.45, 2.75) is 19.2 Å². The van der Waals surface area contributed by atoms with Crippen molar-refractivity contribution in [2.24, 2.45) is 0 Å². The minimum Gasteiger partial charge on any atom is -0.406 e. The van der Waals surface area contributed by atoms with Crippen molar-refractivity contribution < 1.29 is 31.5 Å². The zero-order valence-corrected chi connectivity index (χ0v) is 17.0. The lowest BCUT2D eigenvalue weighted by atomic mass is 10.0. The predicted octanol–water partition coefficient (Wildman–Crippen LogP) is 5.17. The first-order valence-corrected chi connectivity index (χ1v) is 9.93. The van der Waals surface area contributed by atoms with Gasteiger partial charge in [-0.1, -0.05) is 0 Å². The Morgan fingerprint density at radius 1 is 1.00 bits per heavy atom. The van der Waals surface area contributed by atoms with Crippen molar-refractivity contribution in [2.75, 3.05) is 23.3 Å². The van der Waals surface area contributed by atoms with Crippen LogP contribution in [0.15, 0.2) is 48.7 Å². The summed E-state index contributed by atoms with van der Waals surface area (Å²) in [4.78, 5) is 22.2. The number of alkyl halides is 3. The molecule has 11 heteroatoms. The molecule has 1 saturated heterocycles. The van der Waals surface area contributed by atoms with E-state index in [1.807, 2.05) is 4.90 Å². The van der Waals surface area contributed by atoms with Crippen LogP contribution in [-0.4, -0.2) is 35.3 Å². The molecule has 1 aliphatic rings. The molecule has 0 radical (unpaired) electrons. The molecule has 0 aliphatic carbocycles. The highest BCUT2D eigenvalue weighted by atomic mass is 19.4. The number of rotatable bonds is 5. The molecular formula is C22H17F5N4O2. The van der Waals surface area contributed by atoms with Crippen LogP contribution in [0.1, 0.15) is 23.2 Å². The van der Waals surface area contributed by atoms with Crippen molar-refractivity contribution in [3.63, 3.8) is 0 Å². The van der Waals surface area contributed by atoms with E-state index in [1.54, 1.807) is 0 Å². The van der Waals surface area contributed by atoms with E-state index in [2.05, 4.69) is 20.0 Å². The number of halogens is 5. The van der Waals surface area contributed by atoms with Crippen LogP contribution >= 0.6 is 0 Å². The number of carbonyl (C=O) groups excluding carboxylic acids is 1. The van der Waals surface area contributed by atoms with Crippen LogP contribution < -0.4 is 15.0 Å². The van der Waals surface area contributed by atoms with Crippen molar-refractivity contribution in [1.29, 1.82) is 0 Å². The van der Waals surface area contributed by atoms with Crippen LogP contribution in [-0.2, 0) is 0 Å². The summed E-state index contributed by atoms with van der Waals surface area (Å²) in [5, 5.41) is 2.55. The van der Waals surface area contributed by atoms with Gasteiger partial charge in [-0.2, -0.15) is 13.8 Å². The number of nitrogens with zero attached hydrogens (tertiary/aromatic N) is 3. The molecule has 172 valence electrons. The number of anilines is 2. The molecule has 3 heterocycles. The zero-order chi connectivity index (χ0) is 23.6. The van der Waals surface area contributed by atoms with Gasteiger partial charge in [0.1, 0.15) is 11.6 Å². The van der Waals surface area contributed by atoms with E-state index < -0.39 is 29.9 Å². The van der Waals surface area contributed by atoms with Gasteiger partial charge in [0.2, 0.25) is 11.9 Å². The van der Waals surface area contributed by atoms with E-state index in [9.17, 15) is 26.7 Å². The summed E-state index contributed by atoms with van der Waals surface area (Å²) in [6.45, 7) is 1.43. The third-order valence-electron chi connectivity index (χ3n) is 4.95. The molecule has 1 aromatic carbocycles. The first-order chi connectivity index (χ1) is 15.7. The second kappa shape index (κ2) is 9.00. The summed E-state index contributed by atoms with van der Waals surface area (Å²) in [5.74, 6) is -2.55. The topological polar surface area (TPSA) is 67.3 Å². The lowest BCUT2D eigenvalue weighted by Crippen LogP contribution is -2.21. The van der Waals surface area contributed by atoms with E-state index in [-0.39, 0.29) is 16.8 Å². The fraction of sp³-hybridized carbons (Fsp3) is 0.227. The van der Waals surface area contributed by atoms with Gasteiger partial charge in [0.05, 0.1) is 5.56 Å². The SMILES string of the molecule is O=C(Nc1ccc(OC(F)(F)F)cc1)c1cnc(N2CCCC2)c(-c2cc(F)nc(F)c2)c1. The fourth-order valence-electron chi connectivity index (χ4n) is 3.54. The summed E-state index contributed by atoms with van der Waals surface area (Å²) in [6.07, 6.45) is -1.61. The van der Waals surface area contributed by atoms with Crippen molar-refractivity contribution in [3.8, 4) is 16.9 Å². The van der Waals surface area contributed by atoms with Crippen LogP contribution in [0.5, 0.6) is 5.75 Å². The molecule has 33 heavy (non-hydrogen) atoms. The van der Waals surface area contributed by atoms with Gasteiger partial charge < -0.3 is 15.0 Å². The minimum atomic E-state index is -4.82. The van der Waals surface area contributed by atoms with Crippen molar-refractivity contribution >= 4 is 17.4 Å². The van der Waals surface area contributed by atoms with Crippen LogP contribution in [0.25, 0.3) is 11.1 Å². The first-order valence-electron chi connectivity index (χ1n) is 9.93. The summed E-state index contributed by atoms with van der Waals surface area (Å²) in [5.41, 5.74) is 0.860. The van der Waals surface area contributed by atoms with E-state index in [1.165, 1.54) is 24.4 Å². The van der Waals surface area contributed by atoms with E-state index >= 15 is 0 Å². The van der Waals surface area contributed by atoms with E-state index in [0.717, 1.165) is 37.1 Å². The molecule has 0 bridgehead atoms. The van der Waals surface area contributed by atoms with Gasteiger partial charge in [-0.25, -0.2) is 4.98 Å². The first kappa shape index (κ1) is 22.4. The third-order valence-corrected chi connectivity index (χ3v) is 4.95. The van der Waals surface area contributed by atoms with E-state index in [0.29, 0.717) is 24.5 Å². The number of nitrogens with one attached hydrogen (secondary N) is 1. The molecule has 0 saturated carbocycles. The summed E-state index contributed by atoms with van der Waals surface area (Å²) < 4.78 is 68.2. The molecule has 0 spiro atoms. The highest BCUT2D eigenvalue weighted by Gasteiger charge is 2.31. The van der Waals surface area contributed by atoms with E-state index in [4.69, 9.17) is 0 Å². The Balaban J connectivity index is 1.62. The Kier molecular flexibility index (Phi) is 6.12. The summed E-state index contributed by atoms with van der Waals surface area (Å²) >= 11 is 0. The molecule has 1 aliphatic heterocycles. The maximum atomic E-state index is 13.8. The van der Waals surface area contributed by atoms with Gasteiger partial charge in [0.15, 0.2) is 0 Å². The number of amides is 1. The van der Waals surface area contributed by atoms with Crippen LogP contribution in [0.4, 0.5) is 33.5 Å². The Labute approximate surface area is 185 Å². The van der Waals surface area contributed by atoms with Crippen LogP contribution in [0.3, 0.4) is 0 Å². The average Bonchev–Trinajstić information content (AvgIpc) is 3.28. The number of ether oxygens (including phenoxy) is 1. The standard InChI is InChI=1S/C22H17F5N4O2/c23-18-10-13(11-19(24)30-18)17-9-14(12-28-20(17)31-7-1-2-8-31)21(32)29-15-3-5-16(6-4-15)33-22(25,26)27/h3-6,9-12H,1-2,7-8H2,(H,29,32). The second-order valence-electron chi connectivity index (χ2n) is 7.32. The largest absolute Gasteiger partial charge is 0.573 e. The Morgan fingerprint density at radius 2 is 1.64 bits per heavy atom. The molecule has 4 rings (SSSR count). The number of carbonyl (C=O) groups is 1. The summed E-state index contributed by atoms with van der Waals surface area (Å²) in [6, 6.07) is 8.20.